The number of halogens is 4. The van der Waals surface area contributed by atoms with Crippen molar-refractivity contribution in [3.05, 3.63) is 89.4 Å². The van der Waals surface area contributed by atoms with Crippen molar-refractivity contribution in [2.45, 2.75) is 36.7 Å². The maximum atomic E-state index is 14.6. The number of fused-ring (bicyclic) bond motifs is 3. The zero-order valence-corrected chi connectivity index (χ0v) is 19.5. The van der Waals surface area contributed by atoms with Crippen LogP contribution in [0.3, 0.4) is 0 Å². The molecule has 0 bridgehead atoms. The van der Waals surface area contributed by atoms with E-state index in [2.05, 4.69) is 10.3 Å². The second-order valence-electron chi connectivity index (χ2n) is 8.16. The fraction of sp³-hybridized carbons (Fsp3) is 0.231. The van der Waals surface area contributed by atoms with E-state index in [9.17, 15) is 13.2 Å². The SMILES string of the molecule is Cl.Fc1ccc(SCCCC2Cc3[nH]c4c(F)ccc(-c5ccc(F)cc5)c4c3CN2)cc1. The van der Waals surface area contributed by atoms with Gasteiger partial charge < -0.3 is 10.3 Å². The van der Waals surface area contributed by atoms with E-state index >= 15 is 0 Å². The van der Waals surface area contributed by atoms with Gasteiger partial charge >= 0.3 is 0 Å². The lowest BCUT2D eigenvalue weighted by Gasteiger charge is -2.24. The van der Waals surface area contributed by atoms with E-state index in [0.717, 1.165) is 57.7 Å². The molecule has 0 fully saturated rings. The first-order chi connectivity index (χ1) is 15.6. The van der Waals surface area contributed by atoms with Gasteiger partial charge in [-0.2, -0.15) is 0 Å². The van der Waals surface area contributed by atoms with E-state index < -0.39 is 0 Å². The molecule has 1 aliphatic rings. The first kappa shape index (κ1) is 23.7. The summed E-state index contributed by atoms with van der Waals surface area (Å²) in [5.74, 6) is 0.193. The highest BCUT2D eigenvalue weighted by atomic mass is 35.5. The highest BCUT2D eigenvalue weighted by molar-refractivity contribution is 7.99. The van der Waals surface area contributed by atoms with Crippen molar-refractivity contribution in [2.24, 2.45) is 0 Å². The summed E-state index contributed by atoms with van der Waals surface area (Å²) < 4.78 is 41.0. The van der Waals surface area contributed by atoms with E-state index in [0.29, 0.717) is 18.1 Å². The van der Waals surface area contributed by atoms with Crippen molar-refractivity contribution in [2.75, 3.05) is 5.75 Å². The molecule has 4 aromatic rings. The average molecular weight is 489 g/mol. The van der Waals surface area contributed by atoms with Gasteiger partial charge in [0.15, 0.2) is 0 Å². The molecule has 0 aliphatic carbocycles. The van der Waals surface area contributed by atoms with E-state index in [-0.39, 0.29) is 29.9 Å². The van der Waals surface area contributed by atoms with Crippen LogP contribution in [0.5, 0.6) is 0 Å². The Morgan fingerprint density at radius 1 is 0.879 bits per heavy atom. The van der Waals surface area contributed by atoms with Crippen molar-refractivity contribution in [3.8, 4) is 11.1 Å². The molecule has 172 valence electrons. The highest BCUT2D eigenvalue weighted by Crippen LogP contribution is 2.36. The Labute approximate surface area is 201 Å². The van der Waals surface area contributed by atoms with Crippen LogP contribution in [0.1, 0.15) is 24.1 Å². The van der Waals surface area contributed by atoms with Crippen LogP contribution < -0.4 is 5.32 Å². The number of thioether (sulfide) groups is 1. The first-order valence-corrected chi connectivity index (χ1v) is 11.8. The van der Waals surface area contributed by atoms with Gasteiger partial charge in [-0.3, -0.25) is 0 Å². The van der Waals surface area contributed by atoms with E-state index in [4.69, 9.17) is 0 Å². The Kier molecular flexibility index (Phi) is 7.37. The van der Waals surface area contributed by atoms with Crippen molar-refractivity contribution in [1.82, 2.24) is 10.3 Å². The maximum Gasteiger partial charge on any atom is 0.147 e. The molecule has 0 amide bonds. The van der Waals surface area contributed by atoms with Gasteiger partial charge in [-0.25, -0.2) is 13.2 Å². The highest BCUT2D eigenvalue weighted by Gasteiger charge is 2.24. The lowest BCUT2D eigenvalue weighted by molar-refractivity contribution is 0.447. The molecule has 5 rings (SSSR count). The number of H-pyrrole nitrogens is 1. The third-order valence-corrected chi connectivity index (χ3v) is 7.15. The summed E-state index contributed by atoms with van der Waals surface area (Å²) in [5.41, 5.74) is 4.47. The zero-order valence-electron chi connectivity index (χ0n) is 17.8. The van der Waals surface area contributed by atoms with Crippen LogP contribution in [-0.4, -0.2) is 16.8 Å². The van der Waals surface area contributed by atoms with Gasteiger partial charge in [-0.15, -0.1) is 24.2 Å². The summed E-state index contributed by atoms with van der Waals surface area (Å²) in [4.78, 5) is 4.40. The predicted octanol–water partition coefficient (Wildman–Crippen LogP) is 7.26. The maximum absolute atomic E-state index is 14.6. The molecule has 33 heavy (non-hydrogen) atoms. The van der Waals surface area contributed by atoms with Gasteiger partial charge in [0.2, 0.25) is 0 Å². The topological polar surface area (TPSA) is 27.8 Å². The molecular weight excluding hydrogens is 465 g/mol. The first-order valence-electron chi connectivity index (χ1n) is 10.8. The van der Waals surface area contributed by atoms with Crippen LogP contribution >= 0.6 is 24.2 Å². The van der Waals surface area contributed by atoms with E-state index in [1.54, 1.807) is 30.0 Å². The number of aromatic amines is 1. The molecule has 0 radical (unpaired) electrons. The third kappa shape index (κ3) is 5.08. The average Bonchev–Trinajstić information content (AvgIpc) is 3.19. The molecule has 2 heterocycles. The van der Waals surface area contributed by atoms with Crippen LogP contribution in [-0.2, 0) is 13.0 Å². The Bertz CT molecular complexity index is 1240. The molecule has 1 atom stereocenters. The second kappa shape index (κ2) is 10.2. The Morgan fingerprint density at radius 3 is 2.30 bits per heavy atom. The minimum absolute atomic E-state index is 0. The number of hydrogen-bond acceptors (Lipinski definition) is 2. The Balaban J connectivity index is 0.00000259. The summed E-state index contributed by atoms with van der Waals surface area (Å²) in [5, 5.41) is 4.48. The lowest BCUT2D eigenvalue weighted by Crippen LogP contribution is -2.35. The van der Waals surface area contributed by atoms with Crippen molar-refractivity contribution >= 4 is 35.1 Å². The summed E-state index contributed by atoms with van der Waals surface area (Å²) in [6, 6.07) is 16.5. The predicted molar refractivity (Wildman–Crippen MR) is 132 cm³/mol. The number of aromatic nitrogens is 1. The lowest BCUT2D eigenvalue weighted by atomic mass is 9.94. The van der Waals surface area contributed by atoms with Gasteiger partial charge in [-0.05, 0) is 77.7 Å². The molecule has 1 aliphatic heterocycles. The van der Waals surface area contributed by atoms with Gasteiger partial charge in [0, 0.05) is 35.0 Å². The normalized spacial score (nSPS) is 15.3. The molecule has 3 aromatic carbocycles. The Morgan fingerprint density at radius 2 is 1.58 bits per heavy atom. The number of hydrogen-bond donors (Lipinski definition) is 2. The van der Waals surface area contributed by atoms with Crippen LogP contribution in [0.25, 0.3) is 22.0 Å². The van der Waals surface area contributed by atoms with E-state index in [1.807, 2.05) is 12.1 Å². The van der Waals surface area contributed by atoms with E-state index in [1.165, 1.54) is 30.3 Å². The summed E-state index contributed by atoms with van der Waals surface area (Å²) in [6.07, 6.45) is 2.86. The van der Waals surface area contributed by atoms with Gasteiger partial charge in [-0.1, -0.05) is 18.2 Å². The molecule has 0 saturated heterocycles. The molecule has 0 saturated carbocycles. The largest absolute Gasteiger partial charge is 0.356 e. The third-order valence-electron chi connectivity index (χ3n) is 6.05. The molecular formula is C26H24ClF3N2S. The smallest absolute Gasteiger partial charge is 0.147 e. The van der Waals surface area contributed by atoms with Crippen molar-refractivity contribution in [3.63, 3.8) is 0 Å². The zero-order chi connectivity index (χ0) is 22.1. The molecule has 0 spiro atoms. The molecule has 1 unspecified atom stereocenters. The van der Waals surface area contributed by atoms with Gasteiger partial charge in [0.1, 0.15) is 17.5 Å². The number of benzene rings is 3. The summed E-state index contributed by atoms with van der Waals surface area (Å²) in [7, 11) is 0. The fourth-order valence-electron chi connectivity index (χ4n) is 4.45. The minimum Gasteiger partial charge on any atom is -0.356 e. The Hall–Kier alpha value is -2.41. The molecule has 2 nitrogen and oxygen atoms in total. The molecule has 2 N–H and O–H groups in total. The summed E-state index contributed by atoms with van der Waals surface area (Å²) >= 11 is 1.73. The number of nitrogens with one attached hydrogen (secondary N) is 2. The molecule has 1 aromatic heterocycles. The molecule has 7 heteroatoms. The van der Waals surface area contributed by atoms with Crippen LogP contribution in [0, 0.1) is 17.5 Å². The van der Waals surface area contributed by atoms with Crippen LogP contribution in [0.4, 0.5) is 13.2 Å². The second-order valence-corrected chi connectivity index (χ2v) is 9.33. The minimum atomic E-state index is -0.287. The number of rotatable bonds is 6. The van der Waals surface area contributed by atoms with Gasteiger partial charge in [0.25, 0.3) is 0 Å². The quantitative estimate of drug-likeness (QED) is 0.221. The summed E-state index contributed by atoms with van der Waals surface area (Å²) in [6.45, 7) is 0.669. The van der Waals surface area contributed by atoms with Crippen LogP contribution in [0.15, 0.2) is 65.6 Å². The van der Waals surface area contributed by atoms with Gasteiger partial charge in [0.05, 0.1) is 5.52 Å². The van der Waals surface area contributed by atoms with Crippen molar-refractivity contribution < 1.29 is 13.2 Å². The monoisotopic (exact) mass is 488 g/mol. The van der Waals surface area contributed by atoms with Crippen molar-refractivity contribution in [1.29, 1.82) is 0 Å². The standard InChI is InChI=1S/C26H23F3N2S.ClH/c27-17-5-3-16(4-6-17)21-11-12-23(29)26-25(21)22-15-30-19(14-24(22)31-26)2-1-13-32-20-9-7-18(28)8-10-20;/h3-12,19,30-31H,1-2,13-15H2;1H. The van der Waals surface area contributed by atoms with Crippen LogP contribution in [0.2, 0.25) is 0 Å². The fourth-order valence-corrected chi connectivity index (χ4v) is 5.32.